The second kappa shape index (κ2) is 15.6. The second-order valence-electron chi connectivity index (χ2n) is 11.5. The van der Waals surface area contributed by atoms with E-state index in [4.69, 9.17) is 14.2 Å². The number of carbonyl (C=O) groups is 2. The summed E-state index contributed by atoms with van der Waals surface area (Å²) in [5.41, 5.74) is 2.71. The smallest absolute Gasteiger partial charge is 0.261 e. The Labute approximate surface area is 289 Å². The third-order valence-corrected chi connectivity index (χ3v) is 9.36. The topological polar surface area (TPSA) is 123 Å². The number of hydrogen-bond donors (Lipinski definition) is 2. The highest BCUT2D eigenvalue weighted by atomic mass is 32.2. The van der Waals surface area contributed by atoms with Crippen molar-refractivity contribution in [1.82, 2.24) is 10.2 Å². The zero-order valence-electron chi connectivity index (χ0n) is 26.8. The summed E-state index contributed by atoms with van der Waals surface area (Å²) in [6, 6.07) is 33.9. The first-order valence-corrected chi connectivity index (χ1v) is 17.3. The Morgan fingerprint density at radius 1 is 0.780 bits per heavy atom. The molecule has 10 nitrogen and oxygen atoms in total. The van der Waals surface area contributed by atoms with Crippen LogP contribution < -0.4 is 24.2 Å². The molecule has 0 spiro atoms. The highest BCUT2D eigenvalue weighted by Crippen LogP contribution is 2.32. The number of benzene rings is 5. The van der Waals surface area contributed by atoms with Crippen LogP contribution in [0.25, 0.3) is 0 Å². The van der Waals surface area contributed by atoms with E-state index < -0.39 is 34.4 Å². The number of carbonyl (C=O) groups excluding carboxylic acids is 2. The van der Waals surface area contributed by atoms with Crippen molar-refractivity contribution in [3.05, 3.63) is 150 Å². The van der Waals surface area contributed by atoms with Gasteiger partial charge in [0.1, 0.15) is 17.6 Å². The zero-order chi connectivity index (χ0) is 34.9. The molecule has 5 aromatic rings. The number of halogens is 1. The molecule has 0 unspecified atom stereocenters. The van der Waals surface area contributed by atoms with Gasteiger partial charge in [0.05, 0.1) is 4.90 Å². The number of amides is 2. The summed E-state index contributed by atoms with van der Waals surface area (Å²) >= 11 is 0. The van der Waals surface area contributed by atoms with Crippen LogP contribution in [0.1, 0.15) is 16.7 Å². The molecule has 0 aromatic heterocycles. The Bertz CT molecular complexity index is 2030. The Morgan fingerprint density at radius 2 is 1.44 bits per heavy atom. The molecular formula is C38H34FN3O7S. The maximum absolute atomic E-state index is 14.0. The van der Waals surface area contributed by atoms with Crippen LogP contribution in [0.3, 0.4) is 0 Å². The van der Waals surface area contributed by atoms with Crippen LogP contribution in [-0.2, 0) is 39.1 Å². The minimum Gasteiger partial charge on any atom is -0.484 e. The minimum atomic E-state index is -3.96. The monoisotopic (exact) mass is 695 g/mol. The maximum Gasteiger partial charge on any atom is 0.261 e. The van der Waals surface area contributed by atoms with Gasteiger partial charge in [-0.3, -0.25) is 14.3 Å². The normalized spacial score (nSPS) is 12.5. The van der Waals surface area contributed by atoms with Crippen molar-refractivity contribution in [2.24, 2.45) is 0 Å². The van der Waals surface area contributed by atoms with Crippen molar-refractivity contribution >= 4 is 27.5 Å². The largest absolute Gasteiger partial charge is 0.484 e. The lowest BCUT2D eigenvalue weighted by Gasteiger charge is -2.31. The lowest BCUT2D eigenvalue weighted by molar-refractivity contribution is -0.142. The fraction of sp³-hybridized carbons (Fsp3) is 0.158. The molecule has 1 atom stereocenters. The van der Waals surface area contributed by atoms with E-state index in [1.54, 1.807) is 6.07 Å². The van der Waals surface area contributed by atoms with Crippen LogP contribution >= 0.6 is 0 Å². The first kappa shape index (κ1) is 34.0. The van der Waals surface area contributed by atoms with E-state index in [9.17, 15) is 22.4 Å². The van der Waals surface area contributed by atoms with Crippen molar-refractivity contribution in [3.63, 3.8) is 0 Å². The van der Waals surface area contributed by atoms with Gasteiger partial charge in [0.25, 0.3) is 15.9 Å². The third kappa shape index (κ3) is 8.77. The quantitative estimate of drug-likeness (QED) is 0.153. The van der Waals surface area contributed by atoms with Gasteiger partial charge in [0.2, 0.25) is 12.7 Å². The summed E-state index contributed by atoms with van der Waals surface area (Å²) in [7, 11) is -3.96. The molecule has 1 heterocycles. The van der Waals surface area contributed by atoms with Crippen molar-refractivity contribution in [2.45, 2.75) is 30.4 Å². The molecule has 0 radical (unpaired) electrons. The predicted molar refractivity (Wildman–Crippen MR) is 184 cm³/mol. The number of anilines is 1. The summed E-state index contributed by atoms with van der Waals surface area (Å²) in [6.45, 7) is 0.0779. The Hall–Kier alpha value is -5.88. The van der Waals surface area contributed by atoms with Crippen LogP contribution in [0.2, 0.25) is 0 Å². The standard InChI is InChI=1S/C38H34FN3O7S/c39-30-12-14-31(15-13-30)41-50(45,46)33-18-16-32(17-19-33)47-25-37(43)42(24-28-9-5-2-6-10-28)34(21-27-7-3-1-4-8-27)38(44)40-23-29-11-20-35-36(22-29)49-26-48-35/h1-20,22,34,41H,21,23-26H2,(H,40,44)/t34-/m0/s1. The summed E-state index contributed by atoms with van der Waals surface area (Å²) < 4.78 is 58.1. The Kier molecular flexibility index (Phi) is 10.6. The SMILES string of the molecule is O=C(NCc1ccc2c(c1)OCO2)[C@H](Cc1ccccc1)N(Cc1ccccc1)C(=O)COc1ccc(S(=O)(=O)Nc2ccc(F)cc2)cc1. The minimum absolute atomic E-state index is 0.0479. The van der Waals surface area contributed by atoms with Gasteiger partial charge in [-0.15, -0.1) is 0 Å². The van der Waals surface area contributed by atoms with Crippen molar-refractivity contribution in [1.29, 1.82) is 0 Å². The fourth-order valence-corrected chi connectivity index (χ4v) is 6.43. The molecule has 0 saturated heterocycles. The molecule has 1 aliphatic heterocycles. The van der Waals surface area contributed by atoms with Gasteiger partial charge >= 0.3 is 0 Å². The lowest BCUT2D eigenvalue weighted by Crippen LogP contribution is -2.51. The van der Waals surface area contributed by atoms with Gasteiger partial charge < -0.3 is 24.4 Å². The Balaban J connectivity index is 1.19. The second-order valence-corrected chi connectivity index (χ2v) is 13.2. The van der Waals surface area contributed by atoms with Crippen LogP contribution in [0.4, 0.5) is 10.1 Å². The predicted octanol–water partition coefficient (Wildman–Crippen LogP) is 5.69. The van der Waals surface area contributed by atoms with E-state index in [-0.39, 0.29) is 48.5 Å². The molecule has 5 aromatic carbocycles. The average molecular weight is 696 g/mol. The van der Waals surface area contributed by atoms with E-state index in [1.165, 1.54) is 41.3 Å². The zero-order valence-corrected chi connectivity index (χ0v) is 27.6. The van der Waals surface area contributed by atoms with Gasteiger partial charge in [0, 0.05) is 25.2 Å². The number of sulfonamides is 1. The Morgan fingerprint density at radius 3 is 2.14 bits per heavy atom. The molecule has 0 bridgehead atoms. The molecule has 6 rings (SSSR count). The molecule has 0 aliphatic carbocycles. The summed E-state index contributed by atoms with van der Waals surface area (Å²) in [6.07, 6.45) is 0.250. The maximum atomic E-state index is 14.0. The van der Waals surface area contributed by atoms with E-state index in [2.05, 4.69) is 10.0 Å². The average Bonchev–Trinajstić information content (AvgIpc) is 3.61. The number of fused-ring (bicyclic) bond motifs is 1. The first-order chi connectivity index (χ1) is 24.2. The molecular weight excluding hydrogens is 661 g/mol. The van der Waals surface area contributed by atoms with E-state index in [1.807, 2.05) is 72.8 Å². The van der Waals surface area contributed by atoms with Crippen molar-refractivity contribution in [3.8, 4) is 17.2 Å². The van der Waals surface area contributed by atoms with Gasteiger partial charge in [0.15, 0.2) is 18.1 Å². The van der Waals surface area contributed by atoms with Gasteiger partial charge in [-0.25, -0.2) is 12.8 Å². The highest BCUT2D eigenvalue weighted by molar-refractivity contribution is 7.92. The van der Waals surface area contributed by atoms with E-state index in [0.717, 1.165) is 28.8 Å². The van der Waals surface area contributed by atoms with E-state index in [0.29, 0.717) is 11.5 Å². The van der Waals surface area contributed by atoms with Crippen molar-refractivity contribution in [2.75, 3.05) is 18.1 Å². The molecule has 0 saturated carbocycles. The van der Waals surface area contributed by atoms with Crippen molar-refractivity contribution < 1.29 is 36.6 Å². The van der Waals surface area contributed by atoms with Crippen LogP contribution in [0, 0.1) is 5.82 Å². The highest BCUT2D eigenvalue weighted by Gasteiger charge is 2.31. The van der Waals surface area contributed by atoms with Crippen LogP contribution in [-0.4, -0.2) is 44.6 Å². The van der Waals surface area contributed by atoms with Crippen LogP contribution in [0.15, 0.2) is 132 Å². The number of nitrogens with one attached hydrogen (secondary N) is 2. The molecule has 1 aliphatic rings. The molecule has 0 fully saturated rings. The molecule has 50 heavy (non-hydrogen) atoms. The van der Waals surface area contributed by atoms with Gasteiger partial charge in [-0.05, 0) is 77.4 Å². The first-order valence-electron chi connectivity index (χ1n) is 15.8. The number of nitrogens with zero attached hydrogens (tertiary/aromatic N) is 1. The van der Waals surface area contributed by atoms with Crippen LogP contribution in [0.5, 0.6) is 17.2 Å². The summed E-state index contributed by atoms with van der Waals surface area (Å²) in [5, 5.41) is 2.99. The molecule has 2 N–H and O–H groups in total. The van der Waals surface area contributed by atoms with Gasteiger partial charge in [-0.1, -0.05) is 66.7 Å². The summed E-state index contributed by atoms with van der Waals surface area (Å²) in [4.78, 5) is 29.4. The van der Waals surface area contributed by atoms with Gasteiger partial charge in [-0.2, -0.15) is 0 Å². The third-order valence-electron chi connectivity index (χ3n) is 7.96. The number of rotatable bonds is 14. The lowest BCUT2D eigenvalue weighted by atomic mass is 10.0. The number of hydrogen-bond acceptors (Lipinski definition) is 7. The number of ether oxygens (including phenoxy) is 3. The summed E-state index contributed by atoms with van der Waals surface area (Å²) in [5.74, 6) is 0.219. The molecule has 256 valence electrons. The molecule has 12 heteroatoms. The fourth-order valence-electron chi connectivity index (χ4n) is 5.37. The van der Waals surface area contributed by atoms with E-state index >= 15 is 0 Å². The molecule has 2 amide bonds.